The van der Waals surface area contributed by atoms with Gasteiger partial charge in [0.2, 0.25) is 0 Å². The molecule has 0 bridgehead atoms. The van der Waals surface area contributed by atoms with Crippen molar-refractivity contribution in [3.8, 4) is 0 Å². The smallest absolute Gasteiger partial charge is 0.331 e. The highest BCUT2D eigenvalue weighted by molar-refractivity contribution is 5.69. The quantitative estimate of drug-likeness (QED) is 0.0267. The number of hydrogen-bond donors (Lipinski definition) is 2. The van der Waals surface area contributed by atoms with Crippen molar-refractivity contribution in [2.24, 2.45) is 0 Å². The minimum atomic E-state index is -0.421. The molecule has 0 saturated heterocycles. The van der Waals surface area contributed by atoms with Gasteiger partial charge in [0.15, 0.2) is 0 Å². The van der Waals surface area contributed by atoms with E-state index in [2.05, 4.69) is 43.2 Å². The molecule has 354 valence electrons. The normalized spacial score (nSPS) is 12.3. The largest absolute Gasteiger partial charge is 0.462 e. The van der Waals surface area contributed by atoms with Gasteiger partial charge in [0.25, 0.3) is 0 Å². The average molecular weight is 851 g/mol. The molecule has 0 aliphatic rings. The molecular weight excluding hydrogens is 753 g/mol. The summed E-state index contributed by atoms with van der Waals surface area (Å²) in [7, 11) is 1.56. The van der Waals surface area contributed by atoms with E-state index in [1.165, 1.54) is 103 Å². The third-order valence-corrected chi connectivity index (χ3v) is 11.9. The van der Waals surface area contributed by atoms with Crippen molar-refractivity contribution >= 4 is 11.9 Å². The summed E-state index contributed by atoms with van der Waals surface area (Å²) in [4.78, 5) is 38.5. The van der Waals surface area contributed by atoms with E-state index in [1.807, 2.05) is 0 Å². The standard InChI is InChI=1S/C50H98N4O6/c1-6-10-13-16-21-28-36-46(9-4)59-49(55)39-31-24-19-26-33-42-53(44-35-41-52-45-48(51-5)54(57)58)43-34-27-20-25-32-40-50(56)60-47(37-29-22-17-14-11-7-2)38-30-23-18-15-12-8-3/h45-47,51-52H,6-44H2,1-5H3. The number of nitrogens with zero attached hydrogens (tertiary/aromatic N) is 2. The van der Waals surface area contributed by atoms with Gasteiger partial charge in [0.05, 0.1) is 13.2 Å². The summed E-state index contributed by atoms with van der Waals surface area (Å²) in [6.07, 6.45) is 41.0. The number of ether oxygens (including phenoxy) is 2. The zero-order chi connectivity index (χ0) is 44.2. The molecule has 60 heavy (non-hydrogen) atoms. The first-order valence-corrected chi connectivity index (χ1v) is 25.7. The molecule has 0 fully saturated rings. The van der Waals surface area contributed by atoms with Crippen molar-refractivity contribution in [3.63, 3.8) is 0 Å². The Morgan fingerprint density at radius 1 is 0.533 bits per heavy atom. The molecule has 0 aromatic carbocycles. The minimum absolute atomic E-state index is 0.00415. The molecule has 1 unspecified atom stereocenters. The molecule has 0 spiro atoms. The molecule has 0 rings (SSSR count). The van der Waals surface area contributed by atoms with Gasteiger partial charge in [-0.05, 0) is 102 Å². The Bertz CT molecular complexity index is 995. The van der Waals surface area contributed by atoms with Crippen molar-refractivity contribution in [1.82, 2.24) is 15.5 Å². The highest BCUT2D eigenvalue weighted by atomic mass is 16.6. The minimum Gasteiger partial charge on any atom is -0.462 e. The van der Waals surface area contributed by atoms with Gasteiger partial charge >= 0.3 is 17.8 Å². The maximum absolute atomic E-state index is 12.8. The van der Waals surface area contributed by atoms with Gasteiger partial charge in [0.1, 0.15) is 12.2 Å². The zero-order valence-electron chi connectivity index (χ0n) is 40.2. The highest BCUT2D eigenvalue weighted by Gasteiger charge is 2.15. The fourth-order valence-electron chi connectivity index (χ4n) is 7.95. The number of unbranched alkanes of at least 4 members (excludes halogenated alkanes) is 23. The van der Waals surface area contributed by atoms with E-state index in [0.29, 0.717) is 19.4 Å². The van der Waals surface area contributed by atoms with Crippen LogP contribution in [0.4, 0.5) is 0 Å². The lowest BCUT2D eigenvalue weighted by Gasteiger charge is -2.22. The molecule has 0 aliphatic carbocycles. The van der Waals surface area contributed by atoms with Crippen LogP contribution in [0.25, 0.3) is 0 Å². The molecule has 0 heterocycles. The molecular formula is C50H98N4O6. The Morgan fingerprint density at radius 2 is 0.900 bits per heavy atom. The summed E-state index contributed by atoms with van der Waals surface area (Å²) in [5.74, 6) is -0.0721. The van der Waals surface area contributed by atoms with Crippen molar-refractivity contribution in [3.05, 3.63) is 22.1 Å². The topological polar surface area (TPSA) is 123 Å². The molecule has 0 aromatic heterocycles. The van der Waals surface area contributed by atoms with E-state index in [0.717, 1.165) is 135 Å². The highest BCUT2D eigenvalue weighted by Crippen LogP contribution is 2.19. The SMILES string of the molecule is CCCCCCCCC(CC)OC(=O)CCCCCCCN(CCCCCCCC(=O)OC(CCCCCCCC)CCCCCCCC)CCCNC=C(NC)[N+](=O)[O-]. The maximum Gasteiger partial charge on any atom is 0.331 e. The van der Waals surface area contributed by atoms with Gasteiger partial charge in [-0.15, -0.1) is 0 Å². The Morgan fingerprint density at radius 3 is 1.32 bits per heavy atom. The van der Waals surface area contributed by atoms with Crippen molar-refractivity contribution in [2.45, 2.75) is 265 Å². The van der Waals surface area contributed by atoms with Crippen molar-refractivity contribution < 1.29 is 24.0 Å². The third kappa shape index (κ3) is 38.6. The van der Waals surface area contributed by atoms with Crippen molar-refractivity contribution in [1.29, 1.82) is 0 Å². The number of carbonyl (C=O) groups is 2. The van der Waals surface area contributed by atoms with Crippen LogP contribution in [0.5, 0.6) is 0 Å². The van der Waals surface area contributed by atoms with E-state index in [1.54, 1.807) is 7.05 Å². The van der Waals surface area contributed by atoms with Crippen LogP contribution in [0.3, 0.4) is 0 Å². The van der Waals surface area contributed by atoms with Gasteiger partial charge in [0, 0.05) is 19.4 Å². The van der Waals surface area contributed by atoms with Crippen LogP contribution >= 0.6 is 0 Å². The lowest BCUT2D eigenvalue weighted by Crippen LogP contribution is -2.29. The molecule has 1 atom stereocenters. The molecule has 0 saturated carbocycles. The summed E-state index contributed by atoms with van der Waals surface area (Å²) >= 11 is 0. The lowest BCUT2D eigenvalue weighted by molar-refractivity contribution is -0.431. The molecule has 10 nitrogen and oxygen atoms in total. The van der Waals surface area contributed by atoms with Crippen LogP contribution in [0.15, 0.2) is 12.0 Å². The summed E-state index contributed by atoms with van der Waals surface area (Å²) in [6.45, 7) is 12.6. The second-order valence-electron chi connectivity index (χ2n) is 17.5. The monoisotopic (exact) mass is 851 g/mol. The molecule has 0 radical (unpaired) electrons. The molecule has 2 N–H and O–H groups in total. The number of carbonyl (C=O) groups excluding carboxylic acids is 2. The predicted molar refractivity (Wildman–Crippen MR) is 253 cm³/mol. The van der Waals surface area contributed by atoms with E-state index in [-0.39, 0.29) is 30.0 Å². The first-order valence-electron chi connectivity index (χ1n) is 25.7. The van der Waals surface area contributed by atoms with Crippen LogP contribution in [0, 0.1) is 10.1 Å². The van der Waals surface area contributed by atoms with Gasteiger partial charge in [-0.25, -0.2) is 0 Å². The zero-order valence-corrected chi connectivity index (χ0v) is 40.2. The van der Waals surface area contributed by atoms with Crippen LogP contribution in [0.1, 0.15) is 252 Å². The predicted octanol–water partition coefficient (Wildman–Crippen LogP) is 13.7. The van der Waals surface area contributed by atoms with E-state index < -0.39 is 4.92 Å². The molecule has 0 aromatic rings. The molecule has 0 amide bonds. The number of nitrogens with one attached hydrogen (secondary N) is 2. The first-order chi connectivity index (χ1) is 29.3. The second-order valence-corrected chi connectivity index (χ2v) is 17.5. The van der Waals surface area contributed by atoms with Gasteiger partial charge < -0.3 is 29.8 Å². The number of rotatable bonds is 47. The van der Waals surface area contributed by atoms with Gasteiger partial charge in [-0.2, -0.15) is 0 Å². The second kappa shape index (κ2) is 44.7. The Kier molecular flexibility index (Phi) is 42.9. The Balaban J connectivity index is 4.57. The number of esters is 2. The summed E-state index contributed by atoms with van der Waals surface area (Å²) in [5, 5.41) is 16.8. The summed E-state index contributed by atoms with van der Waals surface area (Å²) in [6, 6.07) is 0. The number of hydrogen-bond acceptors (Lipinski definition) is 9. The van der Waals surface area contributed by atoms with Crippen LogP contribution in [0.2, 0.25) is 0 Å². The maximum atomic E-state index is 12.8. The average Bonchev–Trinajstić information content (AvgIpc) is 3.23. The first kappa shape index (κ1) is 57.6. The molecule has 0 aliphatic heterocycles. The Labute approximate surface area is 370 Å². The van der Waals surface area contributed by atoms with Gasteiger partial charge in [-0.3, -0.25) is 14.9 Å². The molecule has 10 heteroatoms. The van der Waals surface area contributed by atoms with E-state index in [9.17, 15) is 19.7 Å². The van der Waals surface area contributed by atoms with Crippen molar-refractivity contribution in [2.75, 3.05) is 33.2 Å². The van der Waals surface area contributed by atoms with E-state index >= 15 is 0 Å². The fourth-order valence-corrected chi connectivity index (χ4v) is 7.95. The third-order valence-electron chi connectivity index (χ3n) is 11.9. The summed E-state index contributed by atoms with van der Waals surface area (Å²) < 4.78 is 11.9. The van der Waals surface area contributed by atoms with Crippen LogP contribution < -0.4 is 10.6 Å². The summed E-state index contributed by atoms with van der Waals surface area (Å²) in [5.41, 5.74) is 0. The van der Waals surface area contributed by atoms with Crippen LogP contribution in [-0.4, -0.2) is 67.2 Å². The lowest BCUT2D eigenvalue weighted by atomic mass is 10.0. The van der Waals surface area contributed by atoms with Gasteiger partial charge in [-0.1, -0.05) is 163 Å². The van der Waals surface area contributed by atoms with E-state index in [4.69, 9.17) is 9.47 Å². The number of nitro groups is 1. The fraction of sp³-hybridized carbons (Fsp3) is 0.920. The Hall–Kier alpha value is -2.36. The van der Waals surface area contributed by atoms with Crippen LogP contribution in [-0.2, 0) is 19.1 Å².